The number of aliphatic hydroxyl groups excluding tert-OH is 1. The highest BCUT2D eigenvalue weighted by Crippen LogP contribution is 1.99. The minimum atomic E-state index is -0.0869. The first-order chi connectivity index (χ1) is 5.77. The van der Waals surface area contributed by atoms with Gasteiger partial charge >= 0.3 is 0 Å². The molecule has 1 unspecified atom stereocenters. The summed E-state index contributed by atoms with van der Waals surface area (Å²) in [4.78, 5) is 0. The fraction of sp³-hybridized carbons (Fsp3) is 0.714. The van der Waals surface area contributed by atoms with Crippen LogP contribution in [-0.2, 0) is 17.9 Å². The lowest BCUT2D eigenvalue weighted by atomic mass is 10.4. The van der Waals surface area contributed by atoms with E-state index in [4.69, 9.17) is 9.84 Å². The standard InChI is InChI=1S/C7H13N3O2/c1-6(12-2)3-10-5-8-9-7(10)4-11/h5-6,11H,3-4H2,1-2H3. The number of rotatable bonds is 4. The highest BCUT2D eigenvalue weighted by Gasteiger charge is 2.05. The topological polar surface area (TPSA) is 60.2 Å². The van der Waals surface area contributed by atoms with Gasteiger partial charge in [-0.1, -0.05) is 0 Å². The lowest BCUT2D eigenvalue weighted by molar-refractivity contribution is 0.101. The van der Waals surface area contributed by atoms with Crippen molar-refractivity contribution >= 4 is 0 Å². The number of hydrogen-bond donors (Lipinski definition) is 1. The Labute approximate surface area is 71.0 Å². The second-order valence-electron chi connectivity index (χ2n) is 2.60. The van der Waals surface area contributed by atoms with Crippen molar-refractivity contribution in [1.29, 1.82) is 0 Å². The molecule has 1 N–H and O–H groups in total. The summed E-state index contributed by atoms with van der Waals surface area (Å²) in [6.07, 6.45) is 1.69. The molecule has 0 saturated heterocycles. The van der Waals surface area contributed by atoms with Gasteiger partial charge in [0.1, 0.15) is 12.9 Å². The van der Waals surface area contributed by atoms with Gasteiger partial charge in [-0.15, -0.1) is 10.2 Å². The summed E-state index contributed by atoms with van der Waals surface area (Å²) in [5.41, 5.74) is 0. The lowest BCUT2D eigenvalue weighted by Gasteiger charge is -2.10. The van der Waals surface area contributed by atoms with Gasteiger partial charge in [0.05, 0.1) is 12.6 Å². The van der Waals surface area contributed by atoms with Crippen LogP contribution in [0.15, 0.2) is 6.33 Å². The molecule has 1 heterocycles. The van der Waals surface area contributed by atoms with Crippen LogP contribution in [0.3, 0.4) is 0 Å². The van der Waals surface area contributed by atoms with Crippen molar-refractivity contribution in [2.24, 2.45) is 0 Å². The molecule has 0 radical (unpaired) electrons. The van der Waals surface area contributed by atoms with E-state index >= 15 is 0 Å². The molecule has 0 aliphatic carbocycles. The Morgan fingerprint density at radius 3 is 3.08 bits per heavy atom. The molecular formula is C7H13N3O2. The summed E-state index contributed by atoms with van der Waals surface area (Å²) < 4.78 is 6.84. The SMILES string of the molecule is COC(C)Cn1cnnc1CO. The number of methoxy groups -OCH3 is 1. The predicted octanol–water partition coefficient (Wildman–Crippen LogP) is -0.195. The number of aliphatic hydroxyl groups is 1. The second-order valence-corrected chi connectivity index (χ2v) is 2.60. The zero-order chi connectivity index (χ0) is 8.97. The molecule has 0 fully saturated rings. The zero-order valence-electron chi connectivity index (χ0n) is 7.27. The summed E-state index contributed by atoms with van der Waals surface area (Å²) in [6.45, 7) is 2.52. The van der Waals surface area contributed by atoms with Crippen molar-refractivity contribution < 1.29 is 9.84 Å². The van der Waals surface area contributed by atoms with E-state index in [1.54, 1.807) is 18.0 Å². The van der Waals surface area contributed by atoms with Gasteiger partial charge in [-0.05, 0) is 6.92 Å². The molecule has 1 aromatic rings. The van der Waals surface area contributed by atoms with Gasteiger partial charge in [-0.3, -0.25) is 0 Å². The van der Waals surface area contributed by atoms with Gasteiger partial charge in [-0.2, -0.15) is 0 Å². The van der Waals surface area contributed by atoms with Crippen LogP contribution < -0.4 is 0 Å². The van der Waals surface area contributed by atoms with Crippen molar-refractivity contribution in [3.63, 3.8) is 0 Å². The van der Waals surface area contributed by atoms with Crippen molar-refractivity contribution in [3.05, 3.63) is 12.2 Å². The van der Waals surface area contributed by atoms with E-state index in [-0.39, 0.29) is 12.7 Å². The van der Waals surface area contributed by atoms with E-state index in [0.29, 0.717) is 12.4 Å². The Bertz CT molecular complexity index is 236. The maximum absolute atomic E-state index is 8.83. The molecule has 0 aliphatic heterocycles. The van der Waals surface area contributed by atoms with E-state index in [9.17, 15) is 0 Å². The quantitative estimate of drug-likeness (QED) is 0.681. The highest BCUT2D eigenvalue weighted by atomic mass is 16.5. The second kappa shape index (κ2) is 4.18. The molecule has 0 aromatic carbocycles. The molecule has 68 valence electrons. The number of ether oxygens (including phenoxy) is 1. The number of hydrogen-bond acceptors (Lipinski definition) is 4. The van der Waals surface area contributed by atoms with Crippen LogP contribution in [0.25, 0.3) is 0 Å². The van der Waals surface area contributed by atoms with Gasteiger partial charge < -0.3 is 14.4 Å². The molecule has 12 heavy (non-hydrogen) atoms. The maximum atomic E-state index is 8.83. The summed E-state index contributed by atoms with van der Waals surface area (Å²) in [5.74, 6) is 0.568. The fourth-order valence-corrected chi connectivity index (χ4v) is 0.905. The highest BCUT2D eigenvalue weighted by molar-refractivity contribution is 4.82. The molecule has 0 saturated carbocycles. The third kappa shape index (κ3) is 2.02. The summed E-state index contributed by atoms with van der Waals surface area (Å²) in [5, 5.41) is 16.2. The average Bonchev–Trinajstić information content (AvgIpc) is 2.51. The largest absolute Gasteiger partial charge is 0.388 e. The van der Waals surface area contributed by atoms with E-state index in [2.05, 4.69) is 10.2 Å². The third-order valence-corrected chi connectivity index (χ3v) is 1.69. The van der Waals surface area contributed by atoms with Gasteiger partial charge in [0.25, 0.3) is 0 Å². The molecular weight excluding hydrogens is 158 g/mol. The van der Waals surface area contributed by atoms with E-state index < -0.39 is 0 Å². The molecule has 1 aromatic heterocycles. The maximum Gasteiger partial charge on any atom is 0.158 e. The van der Waals surface area contributed by atoms with Gasteiger partial charge in [-0.25, -0.2) is 0 Å². The molecule has 5 nitrogen and oxygen atoms in total. The van der Waals surface area contributed by atoms with Crippen molar-refractivity contribution in [2.45, 2.75) is 26.2 Å². The smallest absolute Gasteiger partial charge is 0.158 e. The van der Waals surface area contributed by atoms with Crippen LogP contribution in [0.2, 0.25) is 0 Å². The predicted molar refractivity (Wildman–Crippen MR) is 42.4 cm³/mol. The summed E-state index contributed by atoms with van der Waals surface area (Å²) in [7, 11) is 1.65. The first-order valence-electron chi connectivity index (χ1n) is 3.78. The zero-order valence-corrected chi connectivity index (χ0v) is 7.27. The number of aromatic nitrogens is 3. The monoisotopic (exact) mass is 171 g/mol. The summed E-state index contributed by atoms with van der Waals surface area (Å²) in [6, 6.07) is 0. The lowest BCUT2D eigenvalue weighted by Crippen LogP contribution is -2.16. The van der Waals surface area contributed by atoms with Gasteiger partial charge in [0.2, 0.25) is 0 Å². The Hall–Kier alpha value is -0.940. The molecule has 0 spiro atoms. The van der Waals surface area contributed by atoms with Crippen molar-refractivity contribution in [2.75, 3.05) is 7.11 Å². The molecule has 0 aliphatic rings. The molecule has 0 amide bonds. The first-order valence-corrected chi connectivity index (χ1v) is 3.78. The van der Waals surface area contributed by atoms with Crippen LogP contribution >= 0.6 is 0 Å². The normalized spacial score (nSPS) is 13.2. The fourth-order valence-electron chi connectivity index (χ4n) is 0.905. The van der Waals surface area contributed by atoms with E-state index in [1.165, 1.54) is 0 Å². The average molecular weight is 171 g/mol. The van der Waals surface area contributed by atoms with Crippen LogP contribution in [0.4, 0.5) is 0 Å². The minimum Gasteiger partial charge on any atom is -0.388 e. The minimum absolute atomic E-state index is 0.0869. The van der Waals surface area contributed by atoms with Crippen LogP contribution in [0.1, 0.15) is 12.7 Å². The van der Waals surface area contributed by atoms with Gasteiger partial charge in [0.15, 0.2) is 5.82 Å². The first kappa shape index (κ1) is 9.15. The van der Waals surface area contributed by atoms with Crippen molar-refractivity contribution in [3.8, 4) is 0 Å². The molecule has 5 heteroatoms. The Morgan fingerprint density at radius 2 is 2.50 bits per heavy atom. The van der Waals surface area contributed by atoms with Crippen LogP contribution in [-0.4, -0.2) is 33.1 Å². The van der Waals surface area contributed by atoms with E-state index in [0.717, 1.165) is 0 Å². The van der Waals surface area contributed by atoms with Crippen LogP contribution in [0.5, 0.6) is 0 Å². The Morgan fingerprint density at radius 1 is 1.75 bits per heavy atom. The molecule has 1 rings (SSSR count). The van der Waals surface area contributed by atoms with Crippen LogP contribution in [0, 0.1) is 0 Å². The Kier molecular flexibility index (Phi) is 3.19. The third-order valence-electron chi connectivity index (χ3n) is 1.69. The summed E-state index contributed by atoms with van der Waals surface area (Å²) >= 11 is 0. The molecule has 1 atom stereocenters. The van der Waals surface area contributed by atoms with E-state index in [1.807, 2.05) is 6.92 Å². The van der Waals surface area contributed by atoms with Gasteiger partial charge in [0, 0.05) is 7.11 Å². The Balaban J connectivity index is 2.61. The number of nitrogens with zero attached hydrogens (tertiary/aromatic N) is 3. The van der Waals surface area contributed by atoms with Crippen molar-refractivity contribution in [1.82, 2.24) is 14.8 Å². The molecule has 0 bridgehead atoms.